The van der Waals surface area contributed by atoms with E-state index in [0.717, 1.165) is 11.1 Å². The molecule has 0 aliphatic rings. The van der Waals surface area contributed by atoms with Crippen molar-refractivity contribution in [1.82, 2.24) is 0 Å². The minimum absolute atomic E-state index is 0.0597. The van der Waals surface area contributed by atoms with Crippen molar-refractivity contribution in [3.05, 3.63) is 54.1 Å². The van der Waals surface area contributed by atoms with Crippen LogP contribution in [0.25, 0.3) is 5.57 Å². The number of Topliss-reactive ketones (excluding diaryl/α,β-unsaturated/α-hetero) is 1. The molecule has 1 aromatic rings. The van der Waals surface area contributed by atoms with Crippen LogP contribution in [0.2, 0.25) is 0 Å². The summed E-state index contributed by atoms with van der Waals surface area (Å²) < 4.78 is 5.37. The highest BCUT2D eigenvalue weighted by Gasteiger charge is 2.32. The van der Waals surface area contributed by atoms with Crippen molar-refractivity contribution in [1.29, 1.82) is 0 Å². The second-order valence-corrected chi connectivity index (χ2v) is 5.01. The van der Waals surface area contributed by atoms with Gasteiger partial charge in [0.15, 0.2) is 5.78 Å². The maximum absolute atomic E-state index is 11.8. The van der Waals surface area contributed by atoms with Crippen molar-refractivity contribution >= 4 is 11.4 Å². The third-order valence-corrected chi connectivity index (χ3v) is 3.40. The number of carbonyl (C=O) groups excluding carboxylic acids is 1. The molecule has 1 rings (SSSR count). The van der Waals surface area contributed by atoms with E-state index in [0.29, 0.717) is 6.42 Å². The first-order chi connectivity index (χ1) is 8.84. The average Bonchev–Trinajstić information content (AvgIpc) is 2.34. The highest BCUT2D eigenvalue weighted by Crippen LogP contribution is 2.29. The van der Waals surface area contributed by atoms with E-state index in [9.17, 15) is 4.79 Å². The first-order valence-corrected chi connectivity index (χ1v) is 6.31. The number of carbonyl (C=O) groups is 1. The summed E-state index contributed by atoms with van der Waals surface area (Å²) in [4.78, 5) is 11.8. The van der Waals surface area contributed by atoms with E-state index in [1.165, 1.54) is 25.2 Å². The lowest BCUT2D eigenvalue weighted by Crippen LogP contribution is -2.37. The van der Waals surface area contributed by atoms with E-state index in [-0.39, 0.29) is 5.78 Å². The predicted molar refractivity (Wildman–Crippen MR) is 80.2 cm³/mol. The van der Waals surface area contributed by atoms with Crippen LogP contribution in [0, 0.1) is 13.8 Å². The lowest BCUT2D eigenvalue weighted by Gasteiger charge is -2.27. The second kappa shape index (κ2) is 5.98. The number of hydrogen-bond donors (Lipinski definition) is 0. The number of ether oxygens (including phenoxy) is 1. The van der Waals surface area contributed by atoms with Crippen LogP contribution in [0.15, 0.2) is 37.4 Å². The number of ketones is 1. The van der Waals surface area contributed by atoms with Crippen LogP contribution in [0.3, 0.4) is 0 Å². The monoisotopic (exact) mass is 258 g/mol. The molecule has 19 heavy (non-hydrogen) atoms. The lowest BCUT2D eigenvalue weighted by molar-refractivity contribution is -0.132. The molecule has 0 heterocycles. The molecule has 0 spiro atoms. The van der Waals surface area contributed by atoms with Gasteiger partial charge in [0.2, 0.25) is 0 Å². The van der Waals surface area contributed by atoms with Crippen molar-refractivity contribution in [2.24, 2.45) is 0 Å². The van der Waals surface area contributed by atoms with Gasteiger partial charge < -0.3 is 4.74 Å². The summed E-state index contributed by atoms with van der Waals surface area (Å²) in [5.41, 5.74) is 3.31. The Morgan fingerprint density at radius 3 is 2.21 bits per heavy atom. The standard InChI is InChI=1S/C17H22O2/c1-7-17(19-6,15(5)18)11-14(4)16-9-12(2)8-13(3)10-16/h7-10H,1,4,11H2,2-3,5-6H3. The quantitative estimate of drug-likeness (QED) is 0.724. The van der Waals surface area contributed by atoms with Gasteiger partial charge in [-0.15, -0.1) is 0 Å². The molecule has 1 atom stereocenters. The highest BCUT2D eigenvalue weighted by atomic mass is 16.5. The van der Waals surface area contributed by atoms with Gasteiger partial charge in [-0.2, -0.15) is 0 Å². The number of aryl methyl sites for hydroxylation is 2. The molecule has 102 valence electrons. The van der Waals surface area contributed by atoms with E-state index in [2.05, 4.69) is 31.4 Å². The molecule has 0 aromatic heterocycles. The summed E-state index contributed by atoms with van der Waals surface area (Å²) in [7, 11) is 1.53. The molecule has 0 fully saturated rings. The normalized spacial score (nSPS) is 13.7. The van der Waals surface area contributed by atoms with Crippen molar-refractivity contribution in [2.45, 2.75) is 32.8 Å². The summed E-state index contributed by atoms with van der Waals surface area (Å²) in [5.74, 6) is -0.0597. The average molecular weight is 258 g/mol. The molecule has 2 nitrogen and oxygen atoms in total. The molecular weight excluding hydrogens is 236 g/mol. The van der Waals surface area contributed by atoms with Crippen LogP contribution in [0.4, 0.5) is 0 Å². The van der Waals surface area contributed by atoms with Gasteiger partial charge in [0.1, 0.15) is 5.60 Å². The molecule has 0 saturated carbocycles. The van der Waals surface area contributed by atoms with E-state index in [1.807, 2.05) is 13.8 Å². The van der Waals surface area contributed by atoms with Crippen molar-refractivity contribution in [3.8, 4) is 0 Å². The fourth-order valence-electron chi connectivity index (χ4n) is 2.24. The highest BCUT2D eigenvalue weighted by molar-refractivity contribution is 5.89. The van der Waals surface area contributed by atoms with E-state index in [4.69, 9.17) is 4.74 Å². The van der Waals surface area contributed by atoms with Crippen molar-refractivity contribution < 1.29 is 9.53 Å². The fraction of sp³-hybridized carbons (Fsp3) is 0.353. The Hall–Kier alpha value is -1.67. The summed E-state index contributed by atoms with van der Waals surface area (Å²) >= 11 is 0. The van der Waals surface area contributed by atoms with Gasteiger partial charge in [-0.1, -0.05) is 48.6 Å². The molecule has 0 amide bonds. The Kier molecular flexibility index (Phi) is 4.84. The minimum Gasteiger partial charge on any atom is -0.366 e. The largest absolute Gasteiger partial charge is 0.366 e. The summed E-state index contributed by atoms with van der Waals surface area (Å²) in [6, 6.07) is 6.25. The topological polar surface area (TPSA) is 26.3 Å². The number of methoxy groups -OCH3 is 1. The zero-order valence-electron chi connectivity index (χ0n) is 12.2. The molecule has 0 N–H and O–H groups in total. The number of benzene rings is 1. The summed E-state index contributed by atoms with van der Waals surface area (Å²) in [6.45, 7) is 13.4. The number of hydrogen-bond acceptors (Lipinski definition) is 2. The Morgan fingerprint density at radius 2 is 1.84 bits per heavy atom. The molecule has 0 aliphatic heterocycles. The van der Waals surface area contributed by atoms with Gasteiger partial charge in [-0.3, -0.25) is 4.79 Å². The van der Waals surface area contributed by atoms with Crippen molar-refractivity contribution in [3.63, 3.8) is 0 Å². The van der Waals surface area contributed by atoms with Crippen molar-refractivity contribution in [2.75, 3.05) is 7.11 Å². The Morgan fingerprint density at radius 1 is 1.32 bits per heavy atom. The molecule has 1 unspecified atom stereocenters. The first kappa shape index (κ1) is 15.4. The molecular formula is C17H22O2. The van der Waals surface area contributed by atoms with E-state index < -0.39 is 5.60 Å². The van der Waals surface area contributed by atoms with Gasteiger partial charge in [0, 0.05) is 13.5 Å². The third kappa shape index (κ3) is 3.42. The number of rotatable bonds is 6. The smallest absolute Gasteiger partial charge is 0.165 e. The zero-order valence-corrected chi connectivity index (χ0v) is 12.2. The Labute approximate surface area is 115 Å². The maximum Gasteiger partial charge on any atom is 0.165 e. The van der Waals surface area contributed by atoms with Crippen LogP contribution in [0.5, 0.6) is 0 Å². The molecule has 0 aliphatic carbocycles. The van der Waals surface area contributed by atoms with Gasteiger partial charge in [0.25, 0.3) is 0 Å². The van der Waals surface area contributed by atoms with Crippen LogP contribution >= 0.6 is 0 Å². The molecule has 1 aromatic carbocycles. The van der Waals surface area contributed by atoms with Crippen LogP contribution < -0.4 is 0 Å². The first-order valence-electron chi connectivity index (χ1n) is 6.31. The summed E-state index contributed by atoms with van der Waals surface area (Å²) in [6.07, 6.45) is 1.98. The van der Waals surface area contributed by atoms with Gasteiger partial charge in [-0.05, 0) is 31.9 Å². The minimum atomic E-state index is -0.977. The molecule has 0 radical (unpaired) electrons. The van der Waals surface area contributed by atoms with E-state index >= 15 is 0 Å². The van der Waals surface area contributed by atoms with Gasteiger partial charge in [-0.25, -0.2) is 0 Å². The molecule has 0 saturated heterocycles. The third-order valence-electron chi connectivity index (χ3n) is 3.40. The lowest BCUT2D eigenvalue weighted by atomic mass is 9.87. The SMILES string of the molecule is C=CC(CC(=C)c1cc(C)cc(C)c1)(OC)C(C)=O. The Balaban J connectivity index is 3.07. The van der Waals surface area contributed by atoms with Gasteiger partial charge in [0.05, 0.1) is 0 Å². The molecule has 0 bridgehead atoms. The second-order valence-electron chi connectivity index (χ2n) is 5.01. The van der Waals surface area contributed by atoms with Crippen LogP contribution in [0.1, 0.15) is 30.0 Å². The van der Waals surface area contributed by atoms with Crippen LogP contribution in [-0.2, 0) is 9.53 Å². The van der Waals surface area contributed by atoms with E-state index in [1.54, 1.807) is 6.08 Å². The van der Waals surface area contributed by atoms with Crippen LogP contribution in [-0.4, -0.2) is 18.5 Å². The summed E-state index contributed by atoms with van der Waals surface area (Å²) in [5, 5.41) is 0. The maximum atomic E-state index is 11.8. The zero-order chi connectivity index (χ0) is 14.6. The molecule has 2 heteroatoms. The fourth-order valence-corrected chi connectivity index (χ4v) is 2.24. The van der Waals surface area contributed by atoms with Gasteiger partial charge >= 0.3 is 0 Å². The predicted octanol–water partition coefficient (Wildman–Crippen LogP) is 3.87. The Bertz CT molecular complexity index is 494.